The molecule has 0 aliphatic carbocycles. The monoisotopic (exact) mass is 567 g/mol. The predicted molar refractivity (Wildman–Crippen MR) is 155 cm³/mol. The number of fused-ring (bicyclic) bond motifs is 1. The van der Waals surface area contributed by atoms with Crippen molar-refractivity contribution in [3.05, 3.63) is 75.7 Å². The zero-order chi connectivity index (χ0) is 28.3. The standard InChI is InChI=1S/C28H33N5O6S/c1-3-40(36,37)31-19-4-5-25(23(16-19)24-18-32(2)28(35)27-22(24)8-12-30-27)33-13-9-21(17-26(33)34)39-15-14-38-20-6-10-29-11-7-20/h4-5,8-9,12-13,16-18,20,29-31H,3,6-7,10-11,14-15H2,1-2H3. The summed E-state index contributed by atoms with van der Waals surface area (Å²) in [6, 6.07) is 9.86. The van der Waals surface area contributed by atoms with Gasteiger partial charge in [0.25, 0.3) is 11.1 Å². The molecule has 4 heterocycles. The SMILES string of the molecule is CCS(=O)(=O)Nc1ccc(-n2ccc(OCCOC3CCNCC3)cc2=O)c(-c2cn(C)c(=O)c3[nH]ccc23)c1. The number of pyridine rings is 2. The Balaban J connectivity index is 1.48. The van der Waals surface area contributed by atoms with E-state index in [0.717, 1.165) is 25.9 Å². The summed E-state index contributed by atoms with van der Waals surface area (Å²) in [5.41, 5.74) is 1.99. The molecule has 0 unspecified atom stereocenters. The van der Waals surface area contributed by atoms with Crippen molar-refractivity contribution >= 4 is 26.6 Å². The van der Waals surface area contributed by atoms with Gasteiger partial charge in [-0.05, 0) is 63.2 Å². The van der Waals surface area contributed by atoms with Crippen LogP contribution in [0, 0.1) is 0 Å². The highest BCUT2D eigenvalue weighted by atomic mass is 32.2. The van der Waals surface area contributed by atoms with Crippen molar-refractivity contribution in [2.45, 2.75) is 25.9 Å². The van der Waals surface area contributed by atoms with Gasteiger partial charge >= 0.3 is 0 Å². The van der Waals surface area contributed by atoms with Crippen LogP contribution in [0.3, 0.4) is 0 Å². The number of hydrogen-bond acceptors (Lipinski definition) is 7. The van der Waals surface area contributed by atoms with Gasteiger partial charge in [-0.15, -0.1) is 0 Å². The molecule has 212 valence electrons. The lowest BCUT2D eigenvalue weighted by Crippen LogP contribution is -2.33. The van der Waals surface area contributed by atoms with Crippen molar-refractivity contribution in [1.29, 1.82) is 0 Å². The van der Waals surface area contributed by atoms with Crippen LogP contribution in [0.1, 0.15) is 19.8 Å². The molecule has 40 heavy (non-hydrogen) atoms. The van der Waals surface area contributed by atoms with Crippen molar-refractivity contribution in [2.24, 2.45) is 7.05 Å². The van der Waals surface area contributed by atoms with E-state index in [2.05, 4.69) is 15.0 Å². The first-order chi connectivity index (χ1) is 19.3. The molecule has 3 N–H and O–H groups in total. The summed E-state index contributed by atoms with van der Waals surface area (Å²) in [4.78, 5) is 28.9. The van der Waals surface area contributed by atoms with Gasteiger partial charge in [-0.2, -0.15) is 0 Å². The maximum absolute atomic E-state index is 13.3. The number of hydrogen-bond donors (Lipinski definition) is 3. The van der Waals surface area contributed by atoms with Crippen LogP contribution in [0.25, 0.3) is 27.7 Å². The molecule has 1 aliphatic rings. The number of anilines is 1. The number of sulfonamides is 1. The Labute approximate surface area is 231 Å². The van der Waals surface area contributed by atoms with Crippen molar-refractivity contribution in [3.63, 3.8) is 0 Å². The first kappa shape index (κ1) is 27.7. The zero-order valence-electron chi connectivity index (χ0n) is 22.5. The molecule has 12 heteroatoms. The van der Waals surface area contributed by atoms with E-state index in [4.69, 9.17) is 9.47 Å². The van der Waals surface area contributed by atoms with E-state index in [1.807, 2.05) is 0 Å². The van der Waals surface area contributed by atoms with E-state index < -0.39 is 10.0 Å². The Hall–Kier alpha value is -3.87. The molecule has 1 aliphatic heterocycles. The Morgan fingerprint density at radius 1 is 1.05 bits per heavy atom. The van der Waals surface area contributed by atoms with Gasteiger partial charge in [0.1, 0.15) is 17.9 Å². The number of aryl methyl sites for hydroxylation is 1. The highest BCUT2D eigenvalue weighted by Gasteiger charge is 2.18. The molecule has 11 nitrogen and oxygen atoms in total. The largest absolute Gasteiger partial charge is 0.491 e. The van der Waals surface area contributed by atoms with Crippen molar-refractivity contribution in [2.75, 3.05) is 36.8 Å². The van der Waals surface area contributed by atoms with E-state index in [0.29, 0.717) is 52.4 Å². The summed E-state index contributed by atoms with van der Waals surface area (Å²) >= 11 is 0. The van der Waals surface area contributed by atoms with E-state index >= 15 is 0 Å². The molecule has 1 saturated heterocycles. The summed E-state index contributed by atoms with van der Waals surface area (Å²) in [6.45, 7) is 4.22. The molecular weight excluding hydrogens is 534 g/mol. The van der Waals surface area contributed by atoms with Gasteiger partial charge in [0, 0.05) is 53.9 Å². The fourth-order valence-electron chi connectivity index (χ4n) is 4.85. The maximum atomic E-state index is 13.3. The van der Waals surface area contributed by atoms with Crippen molar-refractivity contribution < 1.29 is 17.9 Å². The fraction of sp³-hybridized carbons (Fsp3) is 0.357. The number of aromatic nitrogens is 3. The van der Waals surface area contributed by atoms with Crippen LogP contribution >= 0.6 is 0 Å². The second-order valence-electron chi connectivity index (χ2n) is 9.70. The zero-order valence-corrected chi connectivity index (χ0v) is 23.3. The summed E-state index contributed by atoms with van der Waals surface area (Å²) in [7, 11) is -1.90. The van der Waals surface area contributed by atoms with E-state index in [1.165, 1.54) is 15.2 Å². The minimum atomic E-state index is -3.54. The minimum Gasteiger partial charge on any atom is -0.491 e. The molecule has 0 bridgehead atoms. The molecule has 3 aromatic heterocycles. The van der Waals surface area contributed by atoms with Gasteiger partial charge in [-0.3, -0.25) is 18.9 Å². The highest BCUT2D eigenvalue weighted by molar-refractivity contribution is 7.92. The Bertz CT molecular complexity index is 1730. The fourth-order valence-corrected chi connectivity index (χ4v) is 5.48. The van der Waals surface area contributed by atoms with Crippen LogP contribution in [-0.2, 0) is 21.8 Å². The van der Waals surface area contributed by atoms with Gasteiger partial charge in [0.15, 0.2) is 0 Å². The first-order valence-electron chi connectivity index (χ1n) is 13.3. The van der Waals surface area contributed by atoms with Gasteiger partial charge in [-0.1, -0.05) is 0 Å². The number of H-pyrrole nitrogens is 1. The lowest BCUT2D eigenvalue weighted by atomic mass is 10.0. The van der Waals surface area contributed by atoms with Crippen LogP contribution < -0.4 is 25.9 Å². The smallest absolute Gasteiger partial charge is 0.274 e. The number of ether oxygens (including phenoxy) is 2. The van der Waals surface area contributed by atoms with E-state index in [1.54, 1.807) is 62.9 Å². The highest BCUT2D eigenvalue weighted by Crippen LogP contribution is 2.33. The molecule has 5 rings (SSSR count). The normalized spacial score (nSPS) is 14.4. The van der Waals surface area contributed by atoms with Gasteiger partial charge in [-0.25, -0.2) is 8.42 Å². The third-order valence-corrected chi connectivity index (χ3v) is 8.28. The lowest BCUT2D eigenvalue weighted by Gasteiger charge is -2.22. The van der Waals surface area contributed by atoms with Crippen LogP contribution in [0.5, 0.6) is 5.75 Å². The summed E-state index contributed by atoms with van der Waals surface area (Å²) in [5, 5.41) is 3.96. The Kier molecular flexibility index (Phi) is 8.10. The number of nitrogens with one attached hydrogen (secondary N) is 3. The number of rotatable bonds is 10. The summed E-state index contributed by atoms with van der Waals surface area (Å²) in [6.07, 6.45) is 7.15. The Morgan fingerprint density at radius 3 is 2.60 bits per heavy atom. The molecule has 0 amide bonds. The number of aromatic amines is 1. The average Bonchev–Trinajstić information content (AvgIpc) is 3.44. The molecule has 1 aromatic carbocycles. The summed E-state index contributed by atoms with van der Waals surface area (Å²) in [5.74, 6) is 0.342. The van der Waals surface area contributed by atoms with Crippen LogP contribution in [0.2, 0.25) is 0 Å². The maximum Gasteiger partial charge on any atom is 0.274 e. The third kappa shape index (κ3) is 5.98. The van der Waals surface area contributed by atoms with Crippen molar-refractivity contribution in [1.82, 2.24) is 19.4 Å². The molecule has 0 atom stereocenters. The molecule has 1 fully saturated rings. The Morgan fingerprint density at radius 2 is 1.85 bits per heavy atom. The average molecular weight is 568 g/mol. The van der Waals surface area contributed by atoms with Gasteiger partial charge in [0.05, 0.1) is 24.2 Å². The first-order valence-corrected chi connectivity index (χ1v) is 14.9. The van der Waals surface area contributed by atoms with Crippen LogP contribution in [0.15, 0.2) is 64.6 Å². The second-order valence-corrected chi connectivity index (χ2v) is 11.7. The number of benzene rings is 1. The molecule has 0 spiro atoms. The van der Waals surface area contributed by atoms with E-state index in [9.17, 15) is 18.0 Å². The number of piperidine rings is 1. The van der Waals surface area contributed by atoms with Crippen LogP contribution in [-0.4, -0.2) is 60.7 Å². The molecule has 0 radical (unpaired) electrons. The third-order valence-electron chi connectivity index (χ3n) is 6.98. The van der Waals surface area contributed by atoms with Gasteiger partial charge in [0.2, 0.25) is 10.0 Å². The molecular formula is C28H33N5O6S. The van der Waals surface area contributed by atoms with Crippen LogP contribution in [0.4, 0.5) is 5.69 Å². The molecule has 0 saturated carbocycles. The van der Waals surface area contributed by atoms with Crippen molar-refractivity contribution in [3.8, 4) is 22.6 Å². The summed E-state index contributed by atoms with van der Waals surface area (Å²) < 4.78 is 41.7. The van der Waals surface area contributed by atoms with Gasteiger partial charge < -0.3 is 24.3 Å². The minimum absolute atomic E-state index is 0.0875. The topological polar surface area (TPSA) is 136 Å². The quantitative estimate of drug-likeness (QED) is 0.251. The van der Waals surface area contributed by atoms with E-state index in [-0.39, 0.29) is 23.0 Å². The number of nitrogens with zero attached hydrogens (tertiary/aromatic N) is 2. The lowest BCUT2D eigenvalue weighted by molar-refractivity contribution is 0.0168. The predicted octanol–water partition coefficient (Wildman–Crippen LogP) is 2.59. The molecule has 4 aromatic rings. The second kappa shape index (κ2) is 11.7.